The van der Waals surface area contributed by atoms with Gasteiger partial charge in [0.2, 0.25) is 0 Å². The summed E-state index contributed by atoms with van der Waals surface area (Å²) in [6.45, 7) is 6.01. The molecule has 27 heavy (non-hydrogen) atoms. The van der Waals surface area contributed by atoms with E-state index in [0.29, 0.717) is 17.6 Å². The summed E-state index contributed by atoms with van der Waals surface area (Å²) in [7, 11) is 2.10. The Labute approximate surface area is 157 Å². The first-order valence-electron chi connectivity index (χ1n) is 9.10. The van der Waals surface area contributed by atoms with Crippen molar-refractivity contribution in [2.24, 2.45) is 0 Å². The minimum atomic E-state index is -4.41. The molecule has 0 bridgehead atoms. The van der Waals surface area contributed by atoms with E-state index in [1.165, 1.54) is 0 Å². The van der Waals surface area contributed by atoms with Crippen molar-refractivity contribution >= 4 is 11.6 Å². The molecular weight excluding hydrogens is 355 g/mol. The smallest absolute Gasteiger partial charge is 0.325 e. The molecule has 1 aliphatic rings. The molecule has 0 aromatic carbocycles. The molecule has 0 spiro atoms. The summed E-state index contributed by atoms with van der Waals surface area (Å²) in [4.78, 5) is 15.5. The standard InChI is InChI=1S/C19H24F3N5/c1-12(2)18-24-15(13-5-8-27(3)9-6-13)11-17(26-18)25-16-10-14(4-7-23-16)19(20,21)22/h4,7,10-13H,5-6,8-9H2,1-3H3,(H,23,24,25,26). The van der Waals surface area contributed by atoms with Crippen molar-refractivity contribution in [3.05, 3.63) is 41.5 Å². The highest BCUT2D eigenvalue weighted by Gasteiger charge is 2.30. The second kappa shape index (κ2) is 7.80. The van der Waals surface area contributed by atoms with Crippen LogP contribution in [0.15, 0.2) is 24.4 Å². The maximum absolute atomic E-state index is 12.9. The van der Waals surface area contributed by atoms with Crippen LogP contribution in [-0.2, 0) is 6.18 Å². The van der Waals surface area contributed by atoms with Crippen LogP contribution in [0.3, 0.4) is 0 Å². The molecule has 1 fully saturated rings. The Kier molecular flexibility index (Phi) is 5.64. The summed E-state index contributed by atoms with van der Waals surface area (Å²) in [5.74, 6) is 1.73. The van der Waals surface area contributed by atoms with Crippen molar-refractivity contribution in [3.8, 4) is 0 Å². The number of hydrogen-bond acceptors (Lipinski definition) is 5. The number of nitrogens with zero attached hydrogens (tertiary/aromatic N) is 4. The molecule has 3 rings (SSSR count). The molecule has 8 heteroatoms. The number of nitrogens with one attached hydrogen (secondary N) is 1. The molecular formula is C19H24F3N5. The van der Waals surface area contributed by atoms with E-state index in [2.05, 4.69) is 27.2 Å². The predicted molar refractivity (Wildman–Crippen MR) is 98.1 cm³/mol. The molecule has 1 saturated heterocycles. The zero-order valence-electron chi connectivity index (χ0n) is 15.7. The van der Waals surface area contributed by atoms with Crippen LogP contribution in [-0.4, -0.2) is 40.0 Å². The van der Waals surface area contributed by atoms with E-state index < -0.39 is 11.7 Å². The van der Waals surface area contributed by atoms with Gasteiger partial charge in [0.1, 0.15) is 17.5 Å². The number of aromatic nitrogens is 3. The van der Waals surface area contributed by atoms with Crippen molar-refractivity contribution in [2.75, 3.05) is 25.5 Å². The molecule has 1 aliphatic heterocycles. The first-order chi connectivity index (χ1) is 12.7. The van der Waals surface area contributed by atoms with Gasteiger partial charge in [-0.3, -0.25) is 0 Å². The van der Waals surface area contributed by atoms with Gasteiger partial charge >= 0.3 is 6.18 Å². The third-order valence-electron chi connectivity index (χ3n) is 4.76. The van der Waals surface area contributed by atoms with Gasteiger partial charge in [0, 0.05) is 29.8 Å². The lowest BCUT2D eigenvalue weighted by Crippen LogP contribution is -2.29. The van der Waals surface area contributed by atoms with Crippen LogP contribution >= 0.6 is 0 Å². The van der Waals surface area contributed by atoms with Gasteiger partial charge in [0.05, 0.1) is 5.56 Å². The maximum Gasteiger partial charge on any atom is 0.416 e. The van der Waals surface area contributed by atoms with E-state index in [-0.39, 0.29) is 11.7 Å². The molecule has 5 nitrogen and oxygen atoms in total. The minimum Gasteiger partial charge on any atom is -0.325 e. The summed E-state index contributed by atoms with van der Waals surface area (Å²) < 4.78 is 38.8. The summed E-state index contributed by atoms with van der Waals surface area (Å²) in [5, 5.41) is 2.93. The first-order valence-corrected chi connectivity index (χ1v) is 9.10. The number of anilines is 2. The quantitative estimate of drug-likeness (QED) is 0.844. The Balaban J connectivity index is 1.89. The monoisotopic (exact) mass is 379 g/mol. The molecule has 0 amide bonds. The van der Waals surface area contributed by atoms with Gasteiger partial charge in [-0.05, 0) is 45.1 Å². The van der Waals surface area contributed by atoms with Crippen molar-refractivity contribution in [1.82, 2.24) is 19.9 Å². The summed E-state index contributed by atoms with van der Waals surface area (Å²) in [6, 6.07) is 3.78. The van der Waals surface area contributed by atoms with Gasteiger partial charge in [0.15, 0.2) is 0 Å². The van der Waals surface area contributed by atoms with Gasteiger partial charge in [-0.2, -0.15) is 13.2 Å². The topological polar surface area (TPSA) is 53.9 Å². The number of rotatable bonds is 4. The van der Waals surface area contributed by atoms with Crippen LogP contribution in [0.2, 0.25) is 0 Å². The van der Waals surface area contributed by atoms with Crippen LogP contribution in [0.25, 0.3) is 0 Å². The molecule has 0 unspecified atom stereocenters. The Hall–Kier alpha value is -2.22. The van der Waals surface area contributed by atoms with E-state index in [9.17, 15) is 13.2 Å². The van der Waals surface area contributed by atoms with E-state index in [1.54, 1.807) is 0 Å². The number of likely N-dealkylation sites (tertiary alicyclic amines) is 1. The fourth-order valence-corrected chi connectivity index (χ4v) is 3.13. The van der Waals surface area contributed by atoms with E-state index in [1.807, 2.05) is 19.9 Å². The van der Waals surface area contributed by atoms with Gasteiger partial charge in [-0.15, -0.1) is 0 Å². The molecule has 2 aromatic rings. The van der Waals surface area contributed by atoms with Crippen molar-refractivity contribution in [2.45, 2.75) is 44.7 Å². The number of piperidine rings is 1. The van der Waals surface area contributed by atoms with Gasteiger partial charge < -0.3 is 10.2 Å². The number of halogens is 3. The maximum atomic E-state index is 12.9. The average molecular weight is 379 g/mol. The number of hydrogen-bond donors (Lipinski definition) is 1. The molecule has 0 saturated carbocycles. The van der Waals surface area contributed by atoms with Crippen LogP contribution < -0.4 is 5.32 Å². The zero-order valence-corrected chi connectivity index (χ0v) is 15.7. The molecule has 0 radical (unpaired) electrons. The summed E-state index contributed by atoms with van der Waals surface area (Å²) >= 11 is 0. The van der Waals surface area contributed by atoms with Crippen LogP contribution in [0.5, 0.6) is 0 Å². The third-order valence-corrected chi connectivity index (χ3v) is 4.76. The lowest BCUT2D eigenvalue weighted by Gasteiger charge is -2.29. The normalized spacial score (nSPS) is 16.7. The molecule has 146 valence electrons. The zero-order chi connectivity index (χ0) is 19.6. The number of alkyl halides is 3. The first kappa shape index (κ1) is 19.5. The SMILES string of the molecule is CC(C)c1nc(Nc2cc(C(F)(F)F)ccn2)cc(C2CCN(C)CC2)n1. The molecule has 2 aromatic heterocycles. The van der Waals surface area contributed by atoms with Crippen molar-refractivity contribution in [3.63, 3.8) is 0 Å². The van der Waals surface area contributed by atoms with Crippen LogP contribution in [0, 0.1) is 0 Å². The van der Waals surface area contributed by atoms with Crippen molar-refractivity contribution < 1.29 is 13.2 Å². The second-order valence-corrected chi connectivity index (χ2v) is 7.32. The number of pyridine rings is 1. The molecule has 0 aliphatic carbocycles. The fraction of sp³-hybridized carbons (Fsp3) is 0.526. The lowest BCUT2D eigenvalue weighted by molar-refractivity contribution is -0.137. The van der Waals surface area contributed by atoms with E-state index in [4.69, 9.17) is 4.98 Å². The Morgan fingerprint density at radius 1 is 1.11 bits per heavy atom. The molecule has 1 N–H and O–H groups in total. The summed E-state index contributed by atoms with van der Waals surface area (Å²) in [5.41, 5.74) is 0.199. The van der Waals surface area contributed by atoms with E-state index >= 15 is 0 Å². The third kappa shape index (κ3) is 4.94. The summed E-state index contributed by atoms with van der Waals surface area (Å²) in [6.07, 6.45) is -1.25. The van der Waals surface area contributed by atoms with Gasteiger partial charge in [-0.1, -0.05) is 13.8 Å². The fourth-order valence-electron chi connectivity index (χ4n) is 3.13. The average Bonchev–Trinajstić information content (AvgIpc) is 2.61. The highest BCUT2D eigenvalue weighted by Crippen LogP contribution is 2.32. The molecule has 3 heterocycles. The second-order valence-electron chi connectivity index (χ2n) is 7.32. The van der Waals surface area contributed by atoms with Gasteiger partial charge in [0.25, 0.3) is 0 Å². The van der Waals surface area contributed by atoms with Gasteiger partial charge in [-0.25, -0.2) is 15.0 Å². The predicted octanol–water partition coefficient (Wildman–Crippen LogP) is 4.57. The largest absolute Gasteiger partial charge is 0.416 e. The Morgan fingerprint density at radius 2 is 1.81 bits per heavy atom. The Morgan fingerprint density at radius 3 is 2.44 bits per heavy atom. The van der Waals surface area contributed by atoms with Crippen LogP contribution in [0.1, 0.15) is 55.6 Å². The lowest BCUT2D eigenvalue weighted by atomic mass is 9.93. The van der Waals surface area contributed by atoms with Crippen LogP contribution in [0.4, 0.5) is 24.8 Å². The highest BCUT2D eigenvalue weighted by atomic mass is 19.4. The highest BCUT2D eigenvalue weighted by molar-refractivity contribution is 5.53. The van der Waals surface area contributed by atoms with E-state index in [0.717, 1.165) is 50.0 Å². The minimum absolute atomic E-state index is 0.117. The Bertz CT molecular complexity index is 783. The van der Waals surface area contributed by atoms with Crippen molar-refractivity contribution in [1.29, 1.82) is 0 Å². The molecule has 0 atom stereocenters.